The lowest BCUT2D eigenvalue weighted by molar-refractivity contribution is -0.128. The molecule has 2 aromatic rings. The molecule has 7 nitrogen and oxygen atoms in total. The first-order valence-corrected chi connectivity index (χ1v) is 11.1. The average Bonchev–Trinajstić information content (AvgIpc) is 2.76. The number of rotatable bonds is 12. The fourth-order valence-electron chi connectivity index (χ4n) is 3.13. The van der Waals surface area contributed by atoms with Gasteiger partial charge in [0.2, 0.25) is 17.7 Å². The fourth-order valence-corrected chi connectivity index (χ4v) is 3.13. The summed E-state index contributed by atoms with van der Waals surface area (Å²) in [5.41, 5.74) is 3.15. The number of nitrogens with one attached hydrogen (secondary N) is 3. The third kappa shape index (κ3) is 9.20. The number of nitrogens with zero attached hydrogens (tertiary/aromatic N) is 1. The summed E-state index contributed by atoms with van der Waals surface area (Å²) < 4.78 is 0. The molecule has 0 aromatic heterocycles. The van der Waals surface area contributed by atoms with Crippen LogP contribution in [0.1, 0.15) is 44.6 Å². The van der Waals surface area contributed by atoms with E-state index in [1.807, 2.05) is 48.5 Å². The molecule has 2 rings (SSSR count). The third-order valence-electron chi connectivity index (χ3n) is 4.94. The van der Waals surface area contributed by atoms with Crippen LogP contribution in [0.15, 0.2) is 48.5 Å². The Morgan fingerprint density at radius 2 is 1.47 bits per heavy atom. The van der Waals surface area contributed by atoms with Crippen LogP contribution in [0.3, 0.4) is 0 Å². The molecule has 0 bridgehead atoms. The summed E-state index contributed by atoms with van der Waals surface area (Å²) in [5.74, 6) is -0.107. The van der Waals surface area contributed by atoms with Gasteiger partial charge in [0.1, 0.15) is 0 Å². The van der Waals surface area contributed by atoms with E-state index in [0.717, 1.165) is 30.5 Å². The topological polar surface area (TPSA) is 90.5 Å². The van der Waals surface area contributed by atoms with Gasteiger partial charge in [0.25, 0.3) is 0 Å². The van der Waals surface area contributed by atoms with Gasteiger partial charge >= 0.3 is 0 Å². The maximum Gasteiger partial charge on any atom is 0.243 e. The molecule has 0 atom stereocenters. The molecule has 0 saturated carbocycles. The van der Waals surface area contributed by atoms with Gasteiger partial charge in [0.05, 0.1) is 6.54 Å². The number of carbonyl (C=O) groups excluding carboxylic acids is 3. The molecule has 0 radical (unpaired) electrons. The molecule has 0 saturated heterocycles. The Morgan fingerprint density at radius 3 is 2.19 bits per heavy atom. The highest BCUT2D eigenvalue weighted by Crippen LogP contribution is 2.16. The number of anilines is 3. The zero-order valence-corrected chi connectivity index (χ0v) is 19.2. The SMILES string of the molecule is CCCCCC(=O)Nc1cccc(NCC(=O)Nc2cccc(CCC(=O)N(C)C)c2)c1. The van der Waals surface area contributed by atoms with Gasteiger partial charge in [-0.1, -0.05) is 38.0 Å². The maximum absolute atomic E-state index is 12.4. The number of aryl methyl sites for hydroxylation is 1. The molecule has 3 N–H and O–H groups in total. The van der Waals surface area contributed by atoms with Crippen molar-refractivity contribution in [1.82, 2.24) is 4.90 Å². The van der Waals surface area contributed by atoms with Crippen LogP contribution >= 0.6 is 0 Å². The Bertz CT molecular complexity index is 912. The first-order valence-electron chi connectivity index (χ1n) is 11.1. The molecule has 0 heterocycles. The van der Waals surface area contributed by atoms with E-state index in [4.69, 9.17) is 0 Å². The highest BCUT2D eigenvalue weighted by molar-refractivity contribution is 5.94. The summed E-state index contributed by atoms with van der Waals surface area (Å²) in [7, 11) is 3.48. The molecule has 0 aliphatic carbocycles. The lowest BCUT2D eigenvalue weighted by Crippen LogP contribution is -2.22. The molecular weight excluding hydrogens is 404 g/mol. The molecule has 172 valence electrons. The van der Waals surface area contributed by atoms with Crippen molar-refractivity contribution in [3.05, 3.63) is 54.1 Å². The van der Waals surface area contributed by atoms with Gasteiger partial charge < -0.3 is 20.9 Å². The lowest BCUT2D eigenvalue weighted by Gasteiger charge is -2.12. The van der Waals surface area contributed by atoms with Crippen molar-refractivity contribution in [3.8, 4) is 0 Å². The van der Waals surface area contributed by atoms with Gasteiger partial charge in [-0.2, -0.15) is 0 Å². The minimum absolute atomic E-state index is 0.000469. The van der Waals surface area contributed by atoms with Gasteiger partial charge in [0, 0.05) is 44.0 Å². The van der Waals surface area contributed by atoms with Crippen molar-refractivity contribution in [2.24, 2.45) is 0 Å². The molecule has 0 spiro atoms. The van der Waals surface area contributed by atoms with Gasteiger partial charge in [-0.25, -0.2) is 0 Å². The van der Waals surface area contributed by atoms with Crippen LogP contribution in [0.4, 0.5) is 17.1 Å². The minimum Gasteiger partial charge on any atom is -0.376 e. The van der Waals surface area contributed by atoms with Crippen LogP contribution < -0.4 is 16.0 Å². The van der Waals surface area contributed by atoms with Crippen molar-refractivity contribution in [2.45, 2.75) is 45.4 Å². The van der Waals surface area contributed by atoms with E-state index in [-0.39, 0.29) is 24.3 Å². The van der Waals surface area contributed by atoms with Crippen molar-refractivity contribution >= 4 is 34.8 Å². The van der Waals surface area contributed by atoms with E-state index in [1.165, 1.54) is 0 Å². The van der Waals surface area contributed by atoms with E-state index in [9.17, 15) is 14.4 Å². The van der Waals surface area contributed by atoms with Crippen LogP contribution in [0.25, 0.3) is 0 Å². The second-order valence-electron chi connectivity index (χ2n) is 7.98. The number of carbonyl (C=O) groups is 3. The lowest BCUT2D eigenvalue weighted by atomic mass is 10.1. The zero-order valence-electron chi connectivity index (χ0n) is 19.2. The number of hydrogen-bond donors (Lipinski definition) is 3. The van der Waals surface area contributed by atoms with Crippen molar-refractivity contribution in [3.63, 3.8) is 0 Å². The van der Waals surface area contributed by atoms with Crippen molar-refractivity contribution in [2.75, 3.05) is 36.6 Å². The van der Waals surface area contributed by atoms with Crippen molar-refractivity contribution in [1.29, 1.82) is 0 Å². The van der Waals surface area contributed by atoms with E-state index >= 15 is 0 Å². The van der Waals surface area contributed by atoms with Gasteiger partial charge in [-0.15, -0.1) is 0 Å². The molecule has 7 heteroatoms. The Hall–Kier alpha value is -3.35. The molecule has 0 unspecified atom stereocenters. The number of unbranched alkanes of at least 4 members (excludes halogenated alkanes) is 2. The molecule has 0 fully saturated rings. The van der Waals surface area contributed by atoms with Crippen LogP contribution in [-0.4, -0.2) is 43.3 Å². The molecule has 32 heavy (non-hydrogen) atoms. The monoisotopic (exact) mass is 438 g/mol. The number of amides is 3. The highest BCUT2D eigenvalue weighted by Gasteiger charge is 2.07. The Morgan fingerprint density at radius 1 is 0.812 bits per heavy atom. The van der Waals surface area contributed by atoms with Crippen LogP contribution in [0.2, 0.25) is 0 Å². The third-order valence-corrected chi connectivity index (χ3v) is 4.94. The summed E-state index contributed by atoms with van der Waals surface area (Å²) in [6.45, 7) is 2.20. The summed E-state index contributed by atoms with van der Waals surface area (Å²) in [4.78, 5) is 37.7. The van der Waals surface area contributed by atoms with E-state index in [1.54, 1.807) is 19.0 Å². The molecule has 3 amide bonds. The predicted molar refractivity (Wildman–Crippen MR) is 130 cm³/mol. The number of hydrogen-bond acceptors (Lipinski definition) is 4. The minimum atomic E-state index is -0.180. The summed E-state index contributed by atoms with van der Waals surface area (Å²) in [5, 5.41) is 8.85. The molecule has 2 aromatic carbocycles. The Labute approximate surface area is 190 Å². The standard InChI is InChI=1S/C25H34N4O3/c1-4-5-6-13-23(30)27-22-12-8-10-20(17-22)26-18-24(31)28-21-11-7-9-19(16-21)14-15-25(32)29(2)3/h7-12,16-17,26H,4-6,13-15,18H2,1-3H3,(H,27,30)(H,28,31). The normalized spacial score (nSPS) is 10.3. The van der Waals surface area contributed by atoms with Crippen LogP contribution in [0.5, 0.6) is 0 Å². The smallest absolute Gasteiger partial charge is 0.243 e. The largest absolute Gasteiger partial charge is 0.376 e. The Balaban J connectivity index is 1.82. The van der Waals surface area contributed by atoms with Gasteiger partial charge in [-0.05, 0) is 48.7 Å². The average molecular weight is 439 g/mol. The summed E-state index contributed by atoms with van der Waals surface area (Å²) in [6.07, 6.45) is 4.56. The predicted octanol–water partition coefficient (Wildman–Crippen LogP) is 4.28. The first kappa shape index (κ1) is 24.9. The van der Waals surface area contributed by atoms with Gasteiger partial charge in [0.15, 0.2) is 0 Å². The Kier molecular flexibility index (Phi) is 10.2. The highest BCUT2D eigenvalue weighted by atomic mass is 16.2. The summed E-state index contributed by atoms with van der Waals surface area (Å²) in [6, 6.07) is 14.8. The fraction of sp³-hybridized carbons (Fsp3) is 0.400. The van der Waals surface area contributed by atoms with Gasteiger partial charge in [-0.3, -0.25) is 14.4 Å². The second-order valence-corrected chi connectivity index (χ2v) is 7.98. The maximum atomic E-state index is 12.4. The van der Waals surface area contributed by atoms with E-state index in [2.05, 4.69) is 22.9 Å². The number of benzene rings is 2. The van der Waals surface area contributed by atoms with Crippen molar-refractivity contribution < 1.29 is 14.4 Å². The van der Waals surface area contributed by atoms with E-state index < -0.39 is 0 Å². The molecule has 0 aliphatic heterocycles. The van der Waals surface area contributed by atoms with Crippen LogP contribution in [-0.2, 0) is 20.8 Å². The quantitative estimate of drug-likeness (QED) is 0.432. The summed E-state index contributed by atoms with van der Waals surface area (Å²) >= 11 is 0. The molecule has 0 aliphatic rings. The zero-order chi connectivity index (χ0) is 23.3. The first-order chi connectivity index (χ1) is 15.4. The second kappa shape index (κ2) is 13.1. The van der Waals surface area contributed by atoms with E-state index in [0.29, 0.717) is 30.6 Å². The van der Waals surface area contributed by atoms with Crippen LogP contribution in [0, 0.1) is 0 Å². The molecular formula is C25H34N4O3.